The van der Waals surface area contributed by atoms with Crippen LogP contribution in [0.15, 0.2) is 42.7 Å². The number of pyridine rings is 1. The number of rotatable bonds is 5. The van der Waals surface area contributed by atoms with Crippen molar-refractivity contribution in [3.05, 3.63) is 64.4 Å². The molecule has 2 N–H and O–H groups in total. The summed E-state index contributed by atoms with van der Waals surface area (Å²) >= 11 is 6.10. The van der Waals surface area contributed by atoms with E-state index < -0.39 is 0 Å². The maximum atomic E-state index is 12.4. The van der Waals surface area contributed by atoms with E-state index >= 15 is 0 Å². The second kappa shape index (κ2) is 8.81. The second-order valence-corrected chi connectivity index (χ2v) is 6.95. The molecule has 3 rings (SSSR count). The fourth-order valence-electron chi connectivity index (χ4n) is 3.12. The Morgan fingerprint density at radius 1 is 1.04 bits per heavy atom. The van der Waals surface area contributed by atoms with Gasteiger partial charge in [-0.2, -0.15) is 0 Å². The molecule has 136 valence electrons. The summed E-state index contributed by atoms with van der Waals surface area (Å²) in [5, 5.41) is 6.45. The number of carbonyl (C=O) groups excluding carboxylic acids is 2. The average Bonchev–Trinajstić information content (AvgIpc) is 2.68. The smallest absolute Gasteiger partial charge is 0.253 e. The number of amides is 2. The van der Waals surface area contributed by atoms with Crippen LogP contribution in [0.25, 0.3) is 0 Å². The van der Waals surface area contributed by atoms with Crippen LogP contribution >= 0.6 is 11.6 Å². The van der Waals surface area contributed by atoms with E-state index in [0.717, 1.165) is 31.2 Å². The number of carbonyl (C=O) groups is 2. The van der Waals surface area contributed by atoms with E-state index in [1.165, 1.54) is 18.8 Å². The number of nitrogens with one attached hydrogen (secondary N) is 2. The molecule has 6 heteroatoms. The molecule has 1 aromatic carbocycles. The molecule has 1 fully saturated rings. The third-order valence-corrected chi connectivity index (χ3v) is 4.97. The Balaban J connectivity index is 1.61. The standard InChI is InChI=1S/C20H22ClN3O2/c21-18-9-5-4-6-14(18)13-23-19(25)15-10-16(12-22-11-15)20(26)24-17-7-2-1-3-8-17/h4-6,9-12,17H,1-3,7-8,13H2,(H,23,25)(H,24,26). The largest absolute Gasteiger partial charge is 0.349 e. The minimum atomic E-state index is -0.287. The molecule has 1 aliphatic rings. The van der Waals surface area contributed by atoms with E-state index in [9.17, 15) is 9.59 Å². The highest BCUT2D eigenvalue weighted by atomic mass is 35.5. The topological polar surface area (TPSA) is 71.1 Å². The number of halogens is 1. The molecule has 0 aliphatic heterocycles. The van der Waals surface area contributed by atoms with Crippen molar-refractivity contribution < 1.29 is 9.59 Å². The lowest BCUT2D eigenvalue weighted by Crippen LogP contribution is -2.36. The fourth-order valence-corrected chi connectivity index (χ4v) is 3.33. The molecule has 0 spiro atoms. The van der Waals surface area contributed by atoms with Gasteiger partial charge in [-0.25, -0.2) is 0 Å². The summed E-state index contributed by atoms with van der Waals surface area (Å²) in [6.45, 7) is 0.316. The Labute approximate surface area is 158 Å². The zero-order valence-corrected chi connectivity index (χ0v) is 15.3. The van der Waals surface area contributed by atoms with Gasteiger partial charge < -0.3 is 10.6 Å². The maximum absolute atomic E-state index is 12.4. The molecule has 0 saturated heterocycles. The first kappa shape index (κ1) is 18.4. The van der Waals surface area contributed by atoms with E-state index in [4.69, 9.17) is 11.6 Å². The van der Waals surface area contributed by atoms with Crippen LogP contribution < -0.4 is 10.6 Å². The van der Waals surface area contributed by atoms with Crippen molar-refractivity contribution in [2.24, 2.45) is 0 Å². The Bertz CT molecular complexity index is 788. The molecule has 26 heavy (non-hydrogen) atoms. The van der Waals surface area contributed by atoms with Crippen LogP contribution in [-0.4, -0.2) is 22.8 Å². The summed E-state index contributed by atoms with van der Waals surface area (Å²) in [6.07, 6.45) is 8.49. The molecule has 0 atom stereocenters. The van der Waals surface area contributed by atoms with Crippen molar-refractivity contribution in [1.29, 1.82) is 0 Å². The molecular weight excluding hydrogens is 350 g/mol. The second-order valence-electron chi connectivity index (χ2n) is 6.54. The molecule has 0 unspecified atom stereocenters. The lowest BCUT2D eigenvalue weighted by atomic mass is 9.95. The predicted molar refractivity (Wildman–Crippen MR) is 101 cm³/mol. The van der Waals surface area contributed by atoms with Gasteiger partial charge in [0.15, 0.2) is 0 Å². The molecule has 5 nitrogen and oxygen atoms in total. The maximum Gasteiger partial charge on any atom is 0.253 e. The molecule has 2 amide bonds. The van der Waals surface area contributed by atoms with E-state index in [1.807, 2.05) is 18.2 Å². The summed E-state index contributed by atoms with van der Waals surface area (Å²) < 4.78 is 0. The number of hydrogen-bond donors (Lipinski definition) is 2. The molecule has 1 aliphatic carbocycles. The summed E-state index contributed by atoms with van der Waals surface area (Å²) in [5.74, 6) is -0.463. The number of benzene rings is 1. The van der Waals surface area contributed by atoms with Crippen LogP contribution in [0.4, 0.5) is 0 Å². The normalized spacial score (nSPS) is 14.7. The van der Waals surface area contributed by atoms with Crippen LogP contribution in [0.3, 0.4) is 0 Å². The Morgan fingerprint density at radius 2 is 1.73 bits per heavy atom. The van der Waals surface area contributed by atoms with Crippen molar-refractivity contribution in [3.63, 3.8) is 0 Å². The quantitative estimate of drug-likeness (QED) is 0.841. The van der Waals surface area contributed by atoms with Crippen LogP contribution in [0.1, 0.15) is 58.4 Å². The van der Waals surface area contributed by atoms with E-state index in [1.54, 1.807) is 12.1 Å². The van der Waals surface area contributed by atoms with Gasteiger partial charge in [-0.3, -0.25) is 14.6 Å². The van der Waals surface area contributed by atoms with Crippen molar-refractivity contribution in [3.8, 4) is 0 Å². The molecule has 0 radical (unpaired) electrons. The van der Waals surface area contributed by atoms with Gasteiger partial charge in [0, 0.05) is 30.0 Å². The molecule has 0 bridgehead atoms. The fraction of sp³-hybridized carbons (Fsp3) is 0.350. The molecule has 2 aromatic rings. The molecule has 1 aromatic heterocycles. The van der Waals surface area contributed by atoms with E-state index in [2.05, 4.69) is 15.6 Å². The van der Waals surface area contributed by atoms with Gasteiger partial charge >= 0.3 is 0 Å². The van der Waals surface area contributed by atoms with Crippen molar-refractivity contribution in [2.45, 2.75) is 44.7 Å². The monoisotopic (exact) mass is 371 g/mol. The summed E-state index contributed by atoms with van der Waals surface area (Å²) in [7, 11) is 0. The van der Waals surface area contributed by atoms with Gasteiger partial charge in [0.1, 0.15) is 0 Å². The minimum Gasteiger partial charge on any atom is -0.349 e. The third kappa shape index (κ3) is 4.82. The van der Waals surface area contributed by atoms with Gasteiger partial charge in [-0.1, -0.05) is 49.1 Å². The summed E-state index contributed by atoms with van der Waals surface area (Å²) in [5.41, 5.74) is 1.59. The Morgan fingerprint density at radius 3 is 2.46 bits per heavy atom. The van der Waals surface area contributed by atoms with Crippen molar-refractivity contribution >= 4 is 23.4 Å². The average molecular weight is 372 g/mol. The van der Waals surface area contributed by atoms with Gasteiger partial charge in [-0.05, 0) is 30.5 Å². The van der Waals surface area contributed by atoms with Crippen LogP contribution in [0.2, 0.25) is 5.02 Å². The summed E-state index contributed by atoms with van der Waals surface area (Å²) in [4.78, 5) is 28.8. The first-order valence-electron chi connectivity index (χ1n) is 8.91. The highest BCUT2D eigenvalue weighted by Gasteiger charge is 2.18. The number of nitrogens with zero attached hydrogens (tertiary/aromatic N) is 1. The number of hydrogen-bond acceptors (Lipinski definition) is 3. The highest BCUT2D eigenvalue weighted by Crippen LogP contribution is 2.18. The zero-order valence-electron chi connectivity index (χ0n) is 14.5. The SMILES string of the molecule is O=C(NCc1ccccc1Cl)c1cncc(C(=O)NC2CCCCC2)c1. The summed E-state index contributed by atoms with van der Waals surface area (Å²) in [6, 6.07) is 9.13. The van der Waals surface area contributed by atoms with Crippen molar-refractivity contribution in [1.82, 2.24) is 15.6 Å². The van der Waals surface area contributed by atoms with Crippen LogP contribution in [0, 0.1) is 0 Å². The lowest BCUT2D eigenvalue weighted by Gasteiger charge is -2.22. The number of aromatic nitrogens is 1. The van der Waals surface area contributed by atoms with Crippen molar-refractivity contribution in [2.75, 3.05) is 0 Å². The van der Waals surface area contributed by atoms with Gasteiger partial charge in [0.2, 0.25) is 0 Å². The van der Waals surface area contributed by atoms with Gasteiger partial charge in [-0.15, -0.1) is 0 Å². The minimum absolute atomic E-state index is 0.176. The van der Waals surface area contributed by atoms with Crippen LogP contribution in [-0.2, 0) is 6.54 Å². The highest BCUT2D eigenvalue weighted by molar-refractivity contribution is 6.31. The third-order valence-electron chi connectivity index (χ3n) is 4.60. The van der Waals surface area contributed by atoms with Gasteiger partial charge in [0.25, 0.3) is 11.8 Å². The Hall–Kier alpha value is -2.40. The Kier molecular flexibility index (Phi) is 6.23. The first-order valence-corrected chi connectivity index (χ1v) is 9.29. The van der Waals surface area contributed by atoms with E-state index in [0.29, 0.717) is 22.7 Å². The lowest BCUT2D eigenvalue weighted by molar-refractivity contribution is 0.0927. The molecule has 1 heterocycles. The molecular formula is C20H22ClN3O2. The van der Waals surface area contributed by atoms with Crippen LogP contribution in [0.5, 0.6) is 0 Å². The molecule has 1 saturated carbocycles. The van der Waals surface area contributed by atoms with Gasteiger partial charge in [0.05, 0.1) is 11.1 Å². The first-order chi connectivity index (χ1) is 12.6. The zero-order chi connectivity index (χ0) is 18.4. The van der Waals surface area contributed by atoms with E-state index in [-0.39, 0.29) is 17.9 Å². The predicted octanol–water partition coefficient (Wildman–Crippen LogP) is 3.73.